The van der Waals surface area contributed by atoms with E-state index < -0.39 is 6.09 Å². The van der Waals surface area contributed by atoms with Crippen LogP contribution in [0, 0.1) is 11.8 Å². The molecule has 1 aromatic heterocycles. The van der Waals surface area contributed by atoms with Gasteiger partial charge >= 0.3 is 6.09 Å². The van der Waals surface area contributed by atoms with Gasteiger partial charge in [0.2, 0.25) is 0 Å². The molecule has 1 amide bonds. The molecular formula is C21H18N2O3. The van der Waals surface area contributed by atoms with Gasteiger partial charge in [-0.15, -0.1) is 0 Å². The van der Waals surface area contributed by atoms with Gasteiger partial charge in [0.05, 0.1) is 0 Å². The number of hydrogen-bond acceptors (Lipinski definition) is 3. The monoisotopic (exact) mass is 346 g/mol. The number of aromatic amines is 1. The Morgan fingerprint density at radius 2 is 2.00 bits per heavy atom. The number of rotatable bonds is 5. The molecule has 0 radical (unpaired) electrons. The zero-order valence-electron chi connectivity index (χ0n) is 14.1. The molecule has 26 heavy (non-hydrogen) atoms. The quantitative estimate of drug-likeness (QED) is 0.421. The lowest BCUT2D eigenvalue weighted by Gasteiger charge is -2.05. The van der Waals surface area contributed by atoms with Gasteiger partial charge in [0.25, 0.3) is 0 Å². The maximum Gasteiger partial charge on any atom is 0.407 e. The minimum absolute atomic E-state index is 0.238. The standard InChI is InChI=1S/C21H18N2O3/c24-14-18-13-23-19-11-6-10-17(20(18)19)9-4-5-12-22-21(25)26-15-16-7-2-1-3-8-16/h1-3,6-8,10-11,13-14,23H,5,12,15H2,(H,22,25). The lowest BCUT2D eigenvalue weighted by atomic mass is 10.1. The van der Waals surface area contributed by atoms with Crippen LogP contribution in [0.5, 0.6) is 0 Å². The molecule has 0 saturated heterocycles. The van der Waals surface area contributed by atoms with Crippen LogP contribution in [0.15, 0.2) is 54.7 Å². The molecule has 5 nitrogen and oxygen atoms in total. The summed E-state index contributed by atoms with van der Waals surface area (Å²) in [6.45, 7) is 0.632. The van der Waals surface area contributed by atoms with Gasteiger partial charge in [0.15, 0.2) is 6.29 Å². The summed E-state index contributed by atoms with van der Waals surface area (Å²) < 4.78 is 5.13. The van der Waals surface area contributed by atoms with E-state index in [4.69, 9.17) is 4.74 Å². The molecule has 1 heterocycles. The van der Waals surface area contributed by atoms with Crippen molar-refractivity contribution in [3.8, 4) is 11.8 Å². The van der Waals surface area contributed by atoms with Crippen LogP contribution in [0.1, 0.15) is 27.9 Å². The molecule has 130 valence electrons. The average molecular weight is 346 g/mol. The fourth-order valence-corrected chi connectivity index (χ4v) is 2.57. The molecule has 2 aromatic carbocycles. The molecule has 0 aliphatic rings. The maximum absolute atomic E-state index is 11.6. The Morgan fingerprint density at radius 3 is 2.81 bits per heavy atom. The van der Waals surface area contributed by atoms with Crippen molar-refractivity contribution in [3.63, 3.8) is 0 Å². The summed E-state index contributed by atoms with van der Waals surface area (Å²) in [5.41, 5.74) is 3.19. The predicted molar refractivity (Wildman–Crippen MR) is 99.8 cm³/mol. The molecule has 0 fully saturated rings. The summed E-state index contributed by atoms with van der Waals surface area (Å²) >= 11 is 0. The number of carbonyl (C=O) groups is 2. The highest BCUT2D eigenvalue weighted by Crippen LogP contribution is 2.20. The van der Waals surface area contributed by atoms with Crippen molar-refractivity contribution in [2.75, 3.05) is 6.54 Å². The molecule has 0 bridgehead atoms. The zero-order valence-corrected chi connectivity index (χ0v) is 14.1. The second-order valence-corrected chi connectivity index (χ2v) is 5.63. The molecule has 0 aliphatic heterocycles. The first-order chi connectivity index (χ1) is 12.8. The van der Waals surface area contributed by atoms with Gasteiger partial charge in [-0.25, -0.2) is 4.79 Å². The molecule has 5 heteroatoms. The van der Waals surface area contributed by atoms with Crippen LogP contribution in [0.3, 0.4) is 0 Å². The molecule has 0 saturated carbocycles. The minimum Gasteiger partial charge on any atom is -0.445 e. The maximum atomic E-state index is 11.6. The Kier molecular flexibility index (Phi) is 5.69. The van der Waals surface area contributed by atoms with Crippen LogP contribution in [-0.4, -0.2) is 23.9 Å². The number of fused-ring (bicyclic) bond motifs is 1. The van der Waals surface area contributed by atoms with Gasteiger partial charge in [-0.1, -0.05) is 48.2 Å². The summed E-state index contributed by atoms with van der Waals surface area (Å²) in [4.78, 5) is 25.8. The van der Waals surface area contributed by atoms with Crippen molar-refractivity contribution < 1.29 is 14.3 Å². The second-order valence-electron chi connectivity index (χ2n) is 5.63. The Bertz CT molecular complexity index is 965. The van der Waals surface area contributed by atoms with Gasteiger partial charge in [-0.2, -0.15) is 0 Å². The summed E-state index contributed by atoms with van der Waals surface area (Å²) in [7, 11) is 0. The number of ether oxygens (including phenoxy) is 1. The first-order valence-electron chi connectivity index (χ1n) is 8.26. The highest BCUT2D eigenvalue weighted by atomic mass is 16.5. The first kappa shape index (κ1) is 17.3. The summed E-state index contributed by atoms with van der Waals surface area (Å²) in [6.07, 6.45) is 2.51. The second kappa shape index (κ2) is 8.54. The van der Waals surface area contributed by atoms with Crippen LogP contribution < -0.4 is 5.32 Å². The van der Waals surface area contributed by atoms with Crippen molar-refractivity contribution in [1.29, 1.82) is 0 Å². The third kappa shape index (κ3) is 4.31. The summed E-state index contributed by atoms with van der Waals surface area (Å²) in [5.74, 6) is 6.07. The number of carbonyl (C=O) groups excluding carboxylic acids is 2. The van der Waals surface area contributed by atoms with Gasteiger partial charge < -0.3 is 15.0 Å². The van der Waals surface area contributed by atoms with Crippen molar-refractivity contribution >= 4 is 23.3 Å². The van der Waals surface area contributed by atoms with Crippen LogP contribution in [0.25, 0.3) is 10.9 Å². The Labute approximate surface area is 151 Å². The highest BCUT2D eigenvalue weighted by Gasteiger charge is 2.06. The lowest BCUT2D eigenvalue weighted by molar-refractivity contribution is 0.112. The smallest absolute Gasteiger partial charge is 0.407 e. The molecule has 0 unspecified atom stereocenters. The fraction of sp³-hybridized carbons (Fsp3) is 0.143. The zero-order chi connectivity index (χ0) is 18.2. The number of amides is 1. The number of nitrogens with one attached hydrogen (secondary N) is 2. The van der Waals surface area contributed by atoms with Crippen LogP contribution in [-0.2, 0) is 11.3 Å². The normalized spacial score (nSPS) is 10.0. The van der Waals surface area contributed by atoms with Gasteiger partial charge in [0, 0.05) is 41.2 Å². The van der Waals surface area contributed by atoms with Crippen molar-refractivity contribution in [2.45, 2.75) is 13.0 Å². The number of benzene rings is 2. The van der Waals surface area contributed by atoms with E-state index in [2.05, 4.69) is 22.1 Å². The molecular weight excluding hydrogens is 328 g/mol. The minimum atomic E-state index is -0.466. The highest BCUT2D eigenvalue weighted by molar-refractivity contribution is 6.00. The lowest BCUT2D eigenvalue weighted by Crippen LogP contribution is -2.24. The van der Waals surface area contributed by atoms with Crippen molar-refractivity contribution in [3.05, 3.63) is 71.4 Å². The molecule has 0 atom stereocenters. The number of hydrogen-bond donors (Lipinski definition) is 2. The van der Waals surface area contributed by atoms with Crippen LogP contribution in [0.2, 0.25) is 0 Å². The Hall–Kier alpha value is -3.52. The third-order valence-corrected chi connectivity index (χ3v) is 3.82. The van der Waals surface area contributed by atoms with Crippen LogP contribution >= 0.6 is 0 Å². The summed E-state index contributed by atoms with van der Waals surface area (Å²) in [5, 5.41) is 3.49. The summed E-state index contributed by atoms with van der Waals surface area (Å²) in [6, 6.07) is 15.2. The number of aldehydes is 1. The van der Waals surface area contributed by atoms with Gasteiger partial charge in [-0.3, -0.25) is 4.79 Å². The number of alkyl carbamates (subject to hydrolysis) is 1. The van der Waals surface area contributed by atoms with Crippen LogP contribution in [0.4, 0.5) is 4.79 Å². The van der Waals surface area contributed by atoms with Gasteiger partial charge in [-0.05, 0) is 17.7 Å². The molecule has 3 aromatic rings. The van der Waals surface area contributed by atoms with Gasteiger partial charge in [0.1, 0.15) is 6.61 Å². The number of H-pyrrole nitrogens is 1. The van der Waals surface area contributed by atoms with E-state index in [1.807, 2.05) is 48.5 Å². The topological polar surface area (TPSA) is 71.2 Å². The van der Waals surface area contributed by atoms with E-state index in [1.54, 1.807) is 6.20 Å². The van der Waals surface area contributed by atoms with E-state index in [1.165, 1.54) is 0 Å². The van der Waals surface area contributed by atoms with E-state index in [9.17, 15) is 9.59 Å². The van der Waals surface area contributed by atoms with E-state index >= 15 is 0 Å². The predicted octanol–water partition coefficient (Wildman–Crippen LogP) is 3.65. The van der Waals surface area contributed by atoms with Crippen molar-refractivity contribution in [2.24, 2.45) is 0 Å². The Morgan fingerprint density at radius 1 is 1.15 bits per heavy atom. The van der Waals surface area contributed by atoms with E-state index in [0.29, 0.717) is 18.5 Å². The molecule has 3 rings (SSSR count). The molecule has 0 aliphatic carbocycles. The SMILES string of the molecule is O=Cc1c[nH]c2cccc(C#CCCNC(=O)OCc3ccccc3)c12. The van der Waals surface area contributed by atoms with E-state index in [0.717, 1.165) is 28.3 Å². The van der Waals surface area contributed by atoms with E-state index in [-0.39, 0.29) is 6.61 Å². The number of aromatic nitrogens is 1. The largest absolute Gasteiger partial charge is 0.445 e. The molecule has 2 N–H and O–H groups in total. The van der Waals surface area contributed by atoms with Crippen molar-refractivity contribution in [1.82, 2.24) is 10.3 Å². The Balaban J connectivity index is 1.49. The average Bonchev–Trinajstić information content (AvgIpc) is 3.11. The first-order valence-corrected chi connectivity index (χ1v) is 8.26. The fourth-order valence-electron chi connectivity index (χ4n) is 2.57. The molecule has 0 spiro atoms. The third-order valence-electron chi connectivity index (χ3n) is 3.82.